The molecule has 0 spiro atoms. The molecule has 7 heteroatoms. The predicted octanol–water partition coefficient (Wildman–Crippen LogP) is 2.56. The number of carboxylic acid groups (broad SMARTS) is 1. The molecule has 0 amide bonds. The SMILES string of the molecule is CCc1nnc(COc2c(Cl)cccc2C(=O)O)o1. The molecule has 0 bridgehead atoms. The Labute approximate surface area is 114 Å². The van der Waals surface area contributed by atoms with Crippen molar-refractivity contribution in [3.63, 3.8) is 0 Å². The zero-order valence-electron chi connectivity index (χ0n) is 10.1. The molecule has 19 heavy (non-hydrogen) atoms. The minimum Gasteiger partial charge on any atom is -0.481 e. The number of hydrogen-bond donors (Lipinski definition) is 1. The number of halogens is 1. The Morgan fingerprint density at radius 1 is 1.42 bits per heavy atom. The Balaban J connectivity index is 2.17. The van der Waals surface area contributed by atoms with Crippen LogP contribution in [0, 0.1) is 0 Å². The van der Waals surface area contributed by atoms with Gasteiger partial charge in [-0.2, -0.15) is 0 Å². The lowest BCUT2D eigenvalue weighted by molar-refractivity contribution is 0.0691. The summed E-state index contributed by atoms with van der Waals surface area (Å²) in [5.74, 6) is -0.255. The quantitative estimate of drug-likeness (QED) is 0.907. The van der Waals surface area contributed by atoms with Crippen molar-refractivity contribution in [3.8, 4) is 5.75 Å². The fourth-order valence-corrected chi connectivity index (χ4v) is 1.68. The van der Waals surface area contributed by atoms with Crippen molar-refractivity contribution in [1.82, 2.24) is 10.2 Å². The molecular formula is C12H11ClN2O4. The minimum atomic E-state index is -1.11. The summed E-state index contributed by atoms with van der Waals surface area (Å²) < 4.78 is 10.6. The highest BCUT2D eigenvalue weighted by atomic mass is 35.5. The van der Waals surface area contributed by atoms with E-state index in [1.54, 1.807) is 12.1 Å². The summed E-state index contributed by atoms with van der Waals surface area (Å²) in [6, 6.07) is 4.50. The molecule has 1 heterocycles. The predicted molar refractivity (Wildman–Crippen MR) is 66.4 cm³/mol. The van der Waals surface area contributed by atoms with E-state index in [1.165, 1.54) is 6.07 Å². The van der Waals surface area contributed by atoms with Gasteiger partial charge in [0.15, 0.2) is 12.4 Å². The van der Waals surface area contributed by atoms with Crippen LogP contribution in [-0.2, 0) is 13.0 Å². The third-order valence-electron chi connectivity index (χ3n) is 2.35. The standard InChI is InChI=1S/C12H11ClN2O4/c1-2-9-14-15-10(19-9)6-18-11-7(12(16)17)4-3-5-8(11)13/h3-5H,2,6H2,1H3,(H,16,17). The molecule has 0 atom stereocenters. The Morgan fingerprint density at radius 2 is 2.16 bits per heavy atom. The maximum atomic E-state index is 11.0. The number of para-hydroxylation sites is 1. The number of rotatable bonds is 5. The van der Waals surface area contributed by atoms with E-state index in [1.807, 2.05) is 6.92 Å². The second-order valence-corrected chi connectivity index (χ2v) is 4.06. The number of ether oxygens (including phenoxy) is 1. The van der Waals surface area contributed by atoms with E-state index in [-0.39, 0.29) is 28.8 Å². The molecule has 2 rings (SSSR count). The van der Waals surface area contributed by atoms with Crippen molar-refractivity contribution in [2.24, 2.45) is 0 Å². The van der Waals surface area contributed by atoms with E-state index < -0.39 is 5.97 Å². The zero-order valence-corrected chi connectivity index (χ0v) is 10.8. The van der Waals surface area contributed by atoms with Crippen molar-refractivity contribution in [3.05, 3.63) is 40.6 Å². The molecule has 6 nitrogen and oxygen atoms in total. The van der Waals surface area contributed by atoms with Gasteiger partial charge in [-0.05, 0) is 12.1 Å². The van der Waals surface area contributed by atoms with Crippen LogP contribution in [0.25, 0.3) is 0 Å². The van der Waals surface area contributed by atoms with Gasteiger partial charge >= 0.3 is 5.97 Å². The third-order valence-corrected chi connectivity index (χ3v) is 2.65. The molecule has 1 aromatic heterocycles. The number of nitrogens with zero attached hydrogens (tertiary/aromatic N) is 2. The lowest BCUT2D eigenvalue weighted by atomic mass is 10.2. The normalized spacial score (nSPS) is 10.4. The lowest BCUT2D eigenvalue weighted by Gasteiger charge is -2.08. The van der Waals surface area contributed by atoms with Gasteiger partial charge in [0.25, 0.3) is 5.89 Å². The van der Waals surface area contributed by atoms with Gasteiger partial charge in [0, 0.05) is 6.42 Å². The molecule has 1 N–H and O–H groups in total. The number of aromatic carboxylic acids is 1. The maximum Gasteiger partial charge on any atom is 0.339 e. The second-order valence-electron chi connectivity index (χ2n) is 3.65. The first-order chi connectivity index (χ1) is 9.11. The van der Waals surface area contributed by atoms with Crippen LogP contribution in [0.2, 0.25) is 5.02 Å². The Bertz CT molecular complexity index is 597. The fraction of sp³-hybridized carbons (Fsp3) is 0.250. The molecule has 2 aromatic rings. The van der Waals surface area contributed by atoms with E-state index in [0.29, 0.717) is 12.3 Å². The van der Waals surface area contributed by atoms with Gasteiger partial charge in [-0.25, -0.2) is 4.79 Å². The van der Waals surface area contributed by atoms with Crippen LogP contribution in [0.3, 0.4) is 0 Å². The zero-order chi connectivity index (χ0) is 13.8. The van der Waals surface area contributed by atoms with Crippen LogP contribution >= 0.6 is 11.6 Å². The molecule has 0 saturated heterocycles. The number of aromatic nitrogens is 2. The van der Waals surface area contributed by atoms with Gasteiger partial charge in [0.05, 0.1) is 5.02 Å². The van der Waals surface area contributed by atoms with Crippen molar-refractivity contribution < 1.29 is 19.1 Å². The largest absolute Gasteiger partial charge is 0.481 e. The molecular weight excluding hydrogens is 272 g/mol. The van der Waals surface area contributed by atoms with Gasteiger partial charge in [0.2, 0.25) is 5.89 Å². The van der Waals surface area contributed by atoms with Crippen molar-refractivity contribution >= 4 is 17.6 Å². The molecule has 0 aliphatic heterocycles. The average molecular weight is 283 g/mol. The highest BCUT2D eigenvalue weighted by Gasteiger charge is 2.15. The lowest BCUT2D eigenvalue weighted by Crippen LogP contribution is -2.04. The van der Waals surface area contributed by atoms with Crippen molar-refractivity contribution in [2.45, 2.75) is 20.0 Å². The summed E-state index contributed by atoms with van der Waals surface area (Å²) in [5.41, 5.74) is -0.0114. The van der Waals surface area contributed by atoms with E-state index in [0.717, 1.165) is 0 Å². The van der Waals surface area contributed by atoms with Gasteiger partial charge in [-0.15, -0.1) is 10.2 Å². The summed E-state index contributed by atoms with van der Waals surface area (Å²) in [6.45, 7) is 1.85. The summed E-state index contributed by atoms with van der Waals surface area (Å²) in [7, 11) is 0. The molecule has 0 aliphatic rings. The van der Waals surface area contributed by atoms with Crippen LogP contribution in [0.4, 0.5) is 0 Å². The number of aryl methyl sites for hydroxylation is 1. The van der Waals surface area contributed by atoms with Crippen molar-refractivity contribution in [1.29, 1.82) is 0 Å². The van der Waals surface area contributed by atoms with E-state index in [4.69, 9.17) is 25.9 Å². The molecule has 0 saturated carbocycles. The topological polar surface area (TPSA) is 85.5 Å². The Hall–Kier alpha value is -2.08. The third kappa shape index (κ3) is 3.03. The van der Waals surface area contributed by atoms with Crippen LogP contribution in [-0.4, -0.2) is 21.3 Å². The Kier molecular flexibility index (Phi) is 4.01. The summed E-state index contributed by atoms with van der Waals surface area (Å²) >= 11 is 5.92. The van der Waals surface area contributed by atoms with Crippen LogP contribution in [0.1, 0.15) is 29.1 Å². The molecule has 0 unspecified atom stereocenters. The maximum absolute atomic E-state index is 11.0. The summed E-state index contributed by atoms with van der Waals surface area (Å²) in [5, 5.41) is 16.8. The molecule has 1 aromatic carbocycles. The summed E-state index contributed by atoms with van der Waals surface area (Å²) in [6.07, 6.45) is 0.624. The Morgan fingerprint density at radius 3 is 2.79 bits per heavy atom. The first-order valence-electron chi connectivity index (χ1n) is 5.57. The van der Waals surface area contributed by atoms with Crippen LogP contribution in [0.5, 0.6) is 5.75 Å². The first kappa shape index (κ1) is 13.4. The molecule has 100 valence electrons. The van der Waals surface area contributed by atoms with Crippen LogP contribution < -0.4 is 4.74 Å². The van der Waals surface area contributed by atoms with Gasteiger partial charge in [-0.1, -0.05) is 24.6 Å². The highest BCUT2D eigenvalue weighted by molar-refractivity contribution is 6.32. The highest BCUT2D eigenvalue weighted by Crippen LogP contribution is 2.29. The van der Waals surface area contributed by atoms with E-state index >= 15 is 0 Å². The average Bonchev–Trinajstić information content (AvgIpc) is 2.85. The number of benzene rings is 1. The molecule has 0 fully saturated rings. The number of carbonyl (C=O) groups is 1. The van der Waals surface area contributed by atoms with Gasteiger partial charge in [-0.3, -0.25) is 0 Å². The second kappa shape index (κ2) is 5.71. The smallest absolute Gasteiger partial charge is 0.339 e. The summed E-state index contributed by atoms with van der Waals surface area (Å²) in [4.78, 5) is 11.0. The van der Waals surface area contributed by atoms with Gasteiger partial charge in [0.1, 0.15) is 5.56 Å². The van der Waals surface area contributed by atoms with Crippen molar-refractivity contribution in [2.75, 3.05) is 0 Å². The monoisotopic (exact) mass is 282 g/mol. The molecule has 0 aliphatic carbocycles. The first-order valence-corrected chi connectivity index (χ1v) is 5.95. The van der Waals surface area contributed by atoms with Crippen LogP contribution in [0.15, 0.2) is 22.6 Å². The van der Waals surface area contributed by atoms with Gasteiger partial charge < -0.3 is 14.3 Å². The number of hydrogen-bond acceptors (Lipinski definition) is 5. The van der Waals surface area contributed by atoms with E-state index in [2.05, 4.69) is 10.2 Å². The fourth-order valence-electron chi connectivity index (χ4n) is 1.45. The molecule has 0 radical (unpaired) electrons. The minimum absolute atomic E-state index is 0.0114. The number of carboxylic acids is 1. The van der Waals surface area contributed by atoms with E-state index in [9.17, 15) is 4.79 Å².